The first-order valence-electron chi connectivity index (χ1n) is 7.88. The molecule has 2 rings (SSSR count). The predicted molar refractivity (Wildman–Crippen MR) is 86.7 cm³/mol. The Morgan fingerprint density at radius 3 is 2.36 bits per heavy atom. The summed E-state index contributed by atoms with van der Waals surface area (Å²) in [5.41, 5.74) is 0.663. The number of carbonyl (C=O) groups is 2. The van der Waals surface area contributed by atoms with Crippen molar-refractivity contribution in [3.8, 4) is 0 Å². The smallest absolute Gasteiger partial charge is 0.377 e. The third-order valence-corrected chi connectivity index (χ3v) is 3.28. The van der Waals surface area contributed by atoms with Crippen LogP contribution in [0, 0.1) is 0 Å². The Balaban J connectivity index is 2.24. The van der Waals surface area contributed by atoms with Gasteiger partial charge in [0.25, 0.3) is 5.76 Å². The van der Waals surface area contributed by atoms with E-state index in [1.807, 2.05) is 30.3 Å². The summed E-state index contributed by atoms with van der Waals surface area (Å²) >= 11 is 0. The van der Waals surface area contributed by atoms with E-state index < -0.39 is 18.0 Å². The summed E-state index contributed by atoms with van der Waals surface area (Å²) in [6.07, 6.45) is -0.513. The highest BCUT2D eigenvalue weighted by Crippen LogP contribution is 2.27. The number of benzene rings is 1. The number of esters is 2. The van der Waals surface area contributed by atoms with Gasteiger partial charge in [0.1, 0.15) is 18.4 Å². The fraction of sp³-hybridized carbons (Fsp3) is 0.333. The van der Waals surface area contributed by atoms with E-state index in [0.717, 1.165) is 11.8 Å². The second kappa shape index (κ2) is 8.89. The second-order valence-corrected chi connectivity index (χ2v) is 5.00. The van der Waals surface area contributed by atoms with Crippen LogP contribution in [0.5, 0.6) is 0 Å². The van der Waals surface area contributed by atoms with Gasteiger partial charge in [-0.05, 0) is 19.4 Å². The Bertz CT molecular complexity index is 676. The Labute approximate surface area is 145 Å². The first kappa shape index (κ1) is 18.5. The highest BCUT2D eigenvalue weighted by Gasteiger charge is 2.36. The summed E-state index contributed by atoms with van der Waals surface area (Å²) in [4.78, 5) is 23.9. The molecule has 0 bridgehead atoms. The van der Waals surface area contributed by atoms with Crippen molar-refractivity contribution in [3.05, 3.63) is 59.2 Å². The van der Waals surface area contributed by atoms with Gasteiger partial charge in [-0.25, -0.2) is 9.59 Å². The van der Waals surface area contributed by atoms with Gasteiger partial charge in [-0.15, -0.1) is 0 Å². The van der Waals surface area contributed by atoms with Gasteiger partial charge in [0.05, 0.1) is 13.2 Å². The normalized spacial score (nSPS) is 16.6. The summed E-state index contributed by atoms with van der Waals surface area (Å²) in [6.45, 7) is 3.62. The third kappa shape index (κ3) is 4.60. The zero-order chi connectivity index (χ0) is 18.2. The van der Waals surface area contributed by atoms with E-state index >= 15 is 0 Å². The number of hydrogen-bond acceptors (Lipinski definition) is 7. The lowest BCUT2D eigenvalue weighted by molar-refractivity contribution is -0.144. The molecule has 0 saturated heterocycles. The molecular weight excluding hydrogens is 328 g/mol. The molecule has 0 aliphatic carbocycles. The van der Waals surface area contributed by atoms with Crippen LogP contribution in [-0.4, -0.2) is 36.4 Å². The molecule has 1 N–H and O–H groups in total. The van der Waals surface area contributed by atoms with Gasteiger partial charge in [0, 0.05) is 0 Å². The molecule has 0 saturated carbocycles. The fourth-order valence-corrected chi connectivity index (χ4v) is 2.11. The van der Waals surface area contributed by atoms with Gasteiger partial charge in [-0.3, -0.25) is 0 Å². The zero-order valence-electron chi connectivity index (χ0n) is 14.1. The standard InChI is InChI=1S/C18H20O7/c1-3-22-17(20)13-11-25-16(18(21)23-4-2)15(14(13)19)24-10-12-8-6-5-7-9-12/h5-9,11,14,19H,3-4,10H2,1-2H3. The predicted octanol–water partition coefficient (Wildman–Crippen LogP) is 1.82. The van der Waals surface area contributed by atoms with Crippen LogP contribution in [-0.2, 0) is 35.1 Å². The molecule has 1 heterocycles. The maximum Gasteiger partial charge on any atom is 0.377 e. The topological polar surface area (TPSA) is 91.3 Å². The molecule has 1 aliphatic heterocycles. The average Bonchev–Trinajstić information content (AvgIpc) is 2.61. The fourth-order valence-electron chi connectivity index (χ4n) is 2.11. The van der Waals surface area contributed by atoms with Gasteiger partial charge >= 0.3 is 11.9 Å². The highest BCUT2D eigenvalue weighted by atomic mass is 16.6. The van der Waals surface area contributed by atoms with E-state index in [2.05, 4.69) is 0 Å². The molecule has 1 unspecified atom stereocenters. The van der Waals surface area contributed by atoms with Crippen molar-refractivity contribution in [1.82, 2.24) is 0 Å². The summed E-state index contributed by atoms with van der Waals surface area (Å²) in [6, 6.07) is 9.16. The molecule has 25 heavy (non-hydrogen) atoms. The molecule has 1 aliphatic rings. The number of hydrogen-bond donors (Lipinski definition) is 1. The number of ether oxygens (including phenoxy) is 4. The Morgan fingerprint density at radius 2 is 1.72 bits per heavy atom. The van der Waals surface area contributed by atoms with Crippen molar-refractivity contribution in [3.63, 3.8) is 0 Å². The van der Waals surface area contributed by atoms with Crippen molar-refractivity contribution in [2.75, 3.05) is 13.2 Å². The molecule has 0 aromatic heterocycles. The molecule has 0 fully saturated rings. The largest absolute Gasteiger partial charge is 0.486 e. The first-order valence-corrected chi connectivity index (χ1v) is 7.88. The van der Waals surface area contributed by atoms with Crippen LogP contribution in [0.4, 0.5) is 0 Å². The minimum atomic E-state index is -1.49. The van der Waals surface area contributed by atoms with Crippen molar-refractivity contribution >= 4 is 11.9 Å². The van der Waals surface area contributed by atoms with Gasteiger partial charge in [0.2, 0.25) is 0 Å². The number of aliphatic hydroxyl groups is 1. The summed E-state index contributed by atoms with van der Waals surface area (Å²) in [5.74, 6) is -2.02. The molecule has 1 atom stereocenters. The van der Waals surface area contributed by atoms with E-state index in [-0.39, 0.29) is 36.9 Å². The SMILES string of the molecule is CCOC(=O)C1=COC(C(=O)OCC)=C(OCc2ccccc2)C1O. The Morgan fingerprint density at radius 1 is 1.08 bits per heavy atom. The number of aliphatic hydroxyl groups excluding tert-OH is 1. The lowest BCUT2D eigenvalue weighted by Crippen LogP contribution is -2.30. The van der Waals surface area contributed by atoms with E-state index in [1.54, 1.807) is 13.8 Å². The Hall–Kier alpha value is -2.80. The molecule has 0 radical (unpaired) electrons. The monoisotopic (exact) mass is 348 g/mol. The maximum absolute atomic E-state index is 12.0. The summed E-state index contributed by atoms with van der Waals surface area (Å²) in [5, 5.41) is 10.5. The molecule has 0 spiro atoms. The van der Waals surface area contributed by atoms with Gasteiger partial charge < -0.3 is 24.1 Å². The van der Waals surface area contributed by atoms with Crippen LogP contribution in [0.3, 0.4) is 0 Å². The zero-order valence-corrected chi connectivity index (χ0v) is 14.1. The molecule has 7 heteroatoms. The second-order valence-electron chi connectivity index (χ2n) is 5.00. The van der Waals surface area contributed by atoms with Crippen molar-refractivity contribution in [2.24, 2.45) is 0 Å². The molecule has 134 valence electrons. The van der Waals surface area contributed by atoms with E-state index in [9.17, 15) is 14.7 Å². The summed E-state index contributed by atoms with van der Waals surface area (Å²) in [7, 11) is 0. The van der Waals surface area contributed by atoms with Crippen LogP contribution in [0.15, 0.2) is 53.7 Å². The van der Waals surface area contributed by atoms with Gasteiger partial charge in [0.15, 0.2) is 11.9 Å². The quantitative estimate of drug-likeness (QED) is 0.752. The maximum atomic E-state index is 12.0. The molecular formula is C18H20O7. The third-order valence-electron chi connectivity index (χ3n) is 3.28. The molecule has 1 aromatic carbocycles. The minimum Gasteiger partial charge on any atom is -0.486 e. The molecule has 7 nitrogen and oxygen atoms in total. The van der Waals surface area contributed by atoms with Crippen LogP contribution < -0.4 is 0 Å². The molecule has 1 aromatic rings. The van der Waals surface area contributed by atoms with Crippen molar-refractivity contribution in [2.45, 2.75) is 26.6 Å². The Kier molecular flexibility index (Phi) is 6.59. The lowest BCUT2D eigenvalue weighted by Gasteiger charge is -2.24. The van der Waals surface area contributed by atoms with E-state index in [0.29, 0.717) is 0 Å². The van der Waals surface area contributed by atoms with Crippen molar-refractivity contribution in [1.29, 1.82) is 0 Å². The van der Waals surface area contributed by atoms with Crippen molar-refractivity contribution < 1.29 is 33.6 Å². The van der Waals surface area contributed by atoms with Crippen LogP contribution >= 0.6 is 0 Å². The van der Waals surface area contributed by atoms with E-state index in [1.165, 1.54) is 0 Å². The van der Waals surface area contributed by atoms with Crippen LogP contribution in [0.25, 0.3) is 0 Å². The lowest BCUT2D eigenvalue weighted by atomic mass is 10.1. The minimum absolute atomic E-state index is 0.0790. The number of rotatable bonds is 7. The highest BCUT2D eigenvalue weighted by molar-refractivity contribution is 5.93. The molecule has 0 amide bonds. The van der Waals surface area contributed by atoms with E-state index in [4.69, 9.17) is 18.9 Å². The first-order chi connectivity index (χ1) is 12.1. The number of carbonyl (C=O) groups excluding carboxylic acids is 2. The van der Waals surface area contributed by atoms with Gasteiger partial charge in [-0.2, -0.15) is 0 Å². The summed E-state index contributed by atoms with van der Waals surface area (Å²) < 4.78 is 20.5. The van der Waals surface area contributed by atoms with Crippen LogP contribution in [0.1, 0.15) is 19.4 Å². The van der Waals surface area contributed by atoms with Crippen LogP contribution in [0.2, 0.25) is 0 Å². The average molecular weight is 348 g/mol. The van der Waals surface area contributed by atoms with Gasteiger partial charge in [-0.1, -0.05) is 30.3 Å².